The molecular weight excluding hydrogens is 334 g/mol. The number of aryl methyl sites for hydroxylation is 1. The molecule has 2 aromatic rings. The zero-order valence-corrected chi connectivity index (χ0v) is 14.9. The summed E-state index contributed by atoms with van der Waals surface area (Å²) >= 11 is 0. The number of aromatic nitrogens is 3. The number of hydrogen-bond donors (Lipinski definition) is 1. The van der Waals surface area contributed by atoms with E-state index in [1.165, 1.54) is 0 Å². The fraction of sp³-hybridized carbons (Fsp3) is 0.444. The summed E-state index contributed by atoms with van der Waals surface area (Å²) in [6.45, 7) is 5.19. The van der Waals surface area contributed by atoms with E-state index in [1.807, 2.05) is 13.1 Å². The lowest BCUT2D eigenvalue weighted by Gasteiger charge is -2.30. The van der Waals surface area contributed by atoms with E-state index in [0.717, 1.165) is 5.56 Å². The number of carbonyl (C=O) groups is 2. The van der Waals surface area contributed by atoms with Crippen molar-refractivity contribution < 1.29 is 14.1 Å². The molecule has 0 aromatic carbocycles. The Bertz CT molecular complexity index is 850. The fourth-order valence-corrected chi connectivity index (χ4v) is 2.88. The molecule has 1 N–H and O–H groups in total. The molecule has 1 aliphatic heterocycles. The van der Waals surface area contributed by atoms with Crippen molar-refractivity contribution in [3.63, 3.8) is 0 Å². The highest BCUT2D eigenvalue weighted by atomic mass is 16.5. The minimum atomic E-state index is -0.269. The van der Waals surface area contributed by atoms with Crippen LogP contribution in [-0.4, -0.2) is 50.8 Å². The van der Waals surface area contributed by atoms with Crippen LogP contribution in [0.25, 0.3) is 0 Å². The van der Waals surface area contributed by atoms with Crippen LogP contribution in [0.2, 0.25) is 0 Å². The first-order valence-corrected chi connectivity index (χ1v) is 8.52. The van der Waals surface area contributed by atoms with Gasteiger partial charge in [0.25, 0.3) is 11.8 Å². The summed E-state index contributed by atoms with van der Waals surface area (Å²) in [7, 11) is 0. The summed E-state index contributed by atoms with van der Waals surface area (Å²) in [5.74, 6) is 5.29. The van der Waals surface area contributed by atoms with E-state index in [9.17, 15) is 9.59 Å². The van der Waals surface area contributed by atoms with Crippen molar-refractivity contribution in [3.8, 4) is 11.8 Å². The second-order valence-electron chi connectivity index (χ2n) is 6.31. The zero-order valence-electron chi connectivity index (χ0n) is 14.9. The summed E-state index contributed by atoms with van der Waals surface area (Å²) in [6.07, 6.45) is 5.04. The molecule has 3 rings (SSSR count). The number of carbonyl (C=O) groups excluding carboxylic acids is 2. The van der Waals surface area contributed by atoms with Crippen molar-refractivity contribution in [2.45, 2.75) is 39.3 Å². The molecule has 0 spiro atoms. The Hall–Kier alpha value is -3.08. The molecule has 8 heteroatoms. The van der Waals surface area contributed by atoms with Gasteiger partial charge in [0.2, 0.25) is 0 Å². The lowest BCUT2D eigenvalue weighted by molar-refractivity contribution is -0.126. The van der Waals surface area contributed by atoms with E-state index < -0.39 is 0 Å². The second kappa shape index (κ2) is 7.87. The molecular formula is C18H21N5O3. The van der Waals surface area contributed by atoms with Crippen molar-refractivity contribution in [2.75, 3.05) is 13.1 Å². The molecule has 0 bridgehead atoms. The van der Waals surface area contributed by atoms with Crippen LogP contribution in [0.4, 0.5) is 0 Å². The normalized spacial score (nSPS) is 14.6. The van der Waals surface area contributed by atoms with Gasteiger partial charge in [0.1, 0.15) is 6.54 Å². The first kappa shape index (κ1) is 17.7. The fourth-order valence-electron chi connectivity index (χ4n) is 2.88. The third kappa shape index (κ3) is 4.30. The van der Waals surface area contributed by atoms with Crippen LogP contribution in [0, 0.1) is 18.8 Å². The van der Waals surface area contributed by atoms with E-state index in [4.69, 9.17) is 4.52 Å². The summed E-state index contributed by atoms with van der Waals surface area (Å²) in [5, 5.41) is 11.0. The van der Waals surface area contributed by atoms with Crippen LogP contribution in [0.5, 0.6) is 0 Å². The molecule has 0 atom stereocenters. The Labute approximate surface area is 151 Å². The van der Waals surface area contributed by atoms with Gasteiger partial charge in [-0.05, 0) is 38.2 Å². The number of amides is 2. The molecule has 2 amide bonds. The third-order valence-electron chi connectivity index (χ3n) is 4.22. The molecule has 3 heterocycles. The first-order valence-electron chi connectivity index (χ1n) is 8.52. The second-order valence-corrected chi connectivity index (χ2v) is 6.31. The van der Waals surface area contributed by atoms with Gasteiger partial charge in [-0.15, -0.1) is 0 Å². The van der Waals surface area contributed by atoms with Crippen molar-refractivity contribution in [1.29, 1.82) is 0 Å². The number of likely N-dealkylation sites (tertiary alicyclic amines) is 1. The average Bonchev–Trinajstić information content (AvgIpc) is 3.25. The Morgan fingerprint density at radius 1 is 1.38 bits per heavy atom. The zero-order chi connectivity index (χ0) is 18.5. The molecule has 0 saturated carbocycles. The smallest absolute Gasteiger partial charge is 0.298 e. The summed E-state index contributed by atoms with van der Waals surface area (Å²) < 4.78 is 6.95. The lowest BCUT2D eigenvalue weighted by Crippen LogP contribution is -2.46. The molecule has 1 saturated heterocycles. The Morgan fingerprint density at radius 3 is 2.81 bits per heavy atom. The molecule has 0 aliphatic carbocycles. The highest BCUT2D eigenvalue weighted by Gasteiger charge is 2.24. The van der Waals surface area contributed by atoms with Gasteiger partial charge in [-0.2, -0.15) is 5.10 Å². The van der Waals surface area contributed by atoms with Crippen molar-refractivity contribution in [1.82, 2.24) is 25.2 Å². The van der Waals surface area contributed by atoms with E-state index >= 15 is 0 Å². The lowest BCUT2D eigenvalue weighted by atomic mass is 10.0. The summed E-state index contributed by atoms with van der Waals surface area (Å²) in [5.41, 5.74) is 1.30. The Morgan fingerprint density at radius 2 is 2.15 bits per heavy atom. The number of nitrogens with one attached hydrogen (secondary N) is 1. The van der Waals surface area contributed by atoms with Crippen molar-refractivity contribution >= 4 is 11.8 Å². The third-order valence-corrected chi connectivity index (χ3v) is 4.22. The number of rotatable bonds is 4. The first-order chi connectivity index (χ1) is 12.5. The van der Waals surface area contributed by atoms with Crippen LogP contribution in [0.15, 0.2) is 23.0 Å². The van der Waals surface area contributed by atoms with E-state index in [1.54, 1.807) is 28.8 Å². The highest BCUT2D eigenvalue weighted by molar-refractivity contribution is 5.94. The number of nitrogens with zero attached hydrogens (tertiary/aromatic N) is 4. The summed E-state index contributed by atoms with van der Waals surface area (Å²) in [4.78, 5) is 25.8. The van der Waals surface area contributed by atoms with Crippen molar-refractivity contribution in [2.24, 2.45) is 0 Å². The predicted octanol–water partition coefficient (Wildman–Crippen LogP) is 0.972. The van der Waals surface area contributed by atoms with Gasteiger partial charge in [0.05, 0.1) is 6.20 Å². The molecule has 2 aromatic heterocycles. The Balaban J connectivity index is 1.51. The SMILES string of the molecule is CC#CC(=O)N1CCC(NC(=O)c2cc(Cn3cc(C)cn3)on2)CC1. The van der Waals surface area contributed by atoms with Gasteiger partial charge in [-0.3, -0.25) is 14.3 Å². The van der Waals surface area contributed by atoms with Gasteiger partial charge < -0.3 is 14.7 Å². The molecule has 0 unspecified atom stereocenters. The minimum absolute atomic E-state index is 0.00931. The topological polar surface area (TPSA) is 93.3 Å². The maximum atomic E-state index is 12.3. The summed E-state index contributed by atoms with van der Waals surface area (Å²) in [6, 6.07) is 1.64. The minimum Gasteiger partial charge on any atom is -0.359 e. The molecule has 0 radical (unpaired) electrons. The maximum Gasteiger partial charge on any atom is 0.298 e. The standard InChI is InChI=1S/C18H21N5O3/c1-3-4-17(24)22-7-5-14(6-8-22)20-18(25)16-9-15(26-21-16)12-23-11-13(2)10-19-23/h9-11,14H,5-8,12H2,1-2H3,(H,20,25). The molecule has 1 fully saturated rings. The number of hydrogen-bond acceptors (Lipinski definition) is 5. The molecule has 26 heavy (non-hydrogen) atoms. The molecule has 8 nitrogen and oxygen atoms in total. The van der Waals surface area contributed by atoms with E-state index in [2.05, 4.69) is 27.4 Å². The van der Waals surface area contributed by atoms with E-state index in [-0.39, 0.29) is 23.6 Å². The maximum absolute atomic E-state index is 12.3. The van der Waals surface area contributed by atoms with Crippen LogP contribution < -0.4 is 5.32 Å². The van der Waals surface area contributed by atoms with Gasteiger partial charge in [-0.25, -0.2) is 0 Å². The quantitative estimate of drug-likeness (QED) is 0.825. The molecule has 1 aliphatic rings. The average molecular weight is 355 g/mol. The van der Waals surface area contributed by atoms with Gasteiger partial charge >= 0.3 is 0 Å². The Kier molecular flexibility index (Phi) is 5.37. The van der Waals surface area contributed by atoms with Gasteiger partial charge in [-0.1, -0.05) is 11.1 Å². The highest BCUT2D eigenvalue weighted by Crippen LogP contribution is 2.12. The van der Waals surface area contributed by atoms with Crippen molar-refractivity contribution in [3.05, 3.63) is 35.5 Å². The van der Waals surface area contributed by atoms with Gasteiger partial charge in [0.15, 0.2) is 11.5 Å². The number of piperidine rings is 1. The van der Waals surface area contributed by atoms with Crippen LogP contribution in [-0.2, 0) is 11.3 Å². The largest absolute Gasteiger partial charge is 0.359 e. The molecule has 136 valence electrons. The van der Waals surface area contributed by atoms with Crippen LogP contribution in [0.3, 0.4) is 0 Å². The predicted molar refractivity (Wildman–Crippen MR) is 93.1 cm³/mol. The van der Waals surface area contributed by atoms with Gasteiger partial charge in [0, 0.05) is 31.4 Å². The monoisotopic (exact) mass is 355 g/mol. The van der Waals surface area contributed by atoms with E-state index in [0.29, 0.717) is 38.2 Å². The van der Waals surface area contributed by atoms with Crippen LogP contribution in [0.1, 0.15) is 41.6 Å². The van der Waals surface area contributed by atoms with Crippen LogP contribution >= 0.6 is 0 Å².